The normalized spacial score (nSPS) is 36.0. The first-order chi connectivity index (χ1) is 12.1. The first-order valence-corrected chi connectivity index (χ1v) is 9.50. The average Bonchev–Trinajstić information content (AvgIpc) is 3.35. The maximum atomic E-state index is 12.0. The Hall–Kier alpha value is -1.65. The molecule has 0 radical (unpaired) electrons. The molecule has 25 heavy (non-hydrogen) atoms. The fourth-order valence-corrected chi connectivity index (χ4v) is 5.68. The number of aliphatic hydroxyl groups is 1. The summed E-state index contributed by atoms with van der Waals surface area (Å²) in [6, 6.07) is 6.22. The van der Waals surface area contributed by atoms with Crippen LogP contribution in [0.5, 0.6) is 5.75 Å². The van der Waals surface area contributed by atoms with Crippen LogP contribution in [-0.2, 0) is 16.6 Å². The molecule has 2 bridgehead atoms. The molecule has 1 saturated heterocycles. The molecular formula is C21H25NO3. The highest BCUT2D eigenvalue weighted by atomic mass is 16.5. The molecule has 2 aliphatic heterocycles. The summed E-state index contributed by atoms with van der Waals surface area (Å²) in [4.78, 5) is 13.6. The SMILES string of the molecule is C=C1Oc2cccc3c2[C@@]12CCN(CC1CC1)[C@H](C3)C2(O)CCC=O. The van der Waals surface area contributed by atoms with Gasteiger partial charge in [0.15, 0.2) is 0 Å². The molecule has 0 amide bonds. The topological polar surface area (TPSA) is 49.8 Å². The van der Waals surface area contributed by atoms with Gasteiger partial charge in [0.25, 0.3) is 0 Å². The van der Waals surface area contributed by atoms with Gasteiger partial charge in [0.05, 0.1) is 11.0 Å². The van der Waals surface area contributed by atoms with Crippen molar-refractivity contribution in [1.29, 1.82) is 0 Å². The monoisotopic (exact) mass is 339 g/mol. The maximum Gasteiger partial charge on any atom is 0.131 e. The molecule has 1 saturated carbocycles. The number of fused-ring (bicyclic) bond motifs is 1. The van der Waals surface area contributed by atoms with Crippen LogP contribution < -0.4 is 4.74 Å². The molecule has 4 nitrogen and oxygen atoms in total. The van der Waals surface area contributed by atoms with E-state index in [0.717, 1.165) is 49.4 Å². The molecule has 1 N–H and O–H groups in total. The van der Waals surface area contributed by atoms with E-state index in [1.54, 1.807) is 0 Å². The molecule has 3 atom stereocenters. The third-order valence-corrected chi connectivity index (χ3v) is 7.00. The van der Waals surface area contributed by atoms with Gasteiger partial charge in [0, 0.05) is 24.6 Å². The van der Waals surface area contributed by atoms with E-state index in [2.05, 4.69) is 17.5 Å². The van der Waals surface area contributed by atoms with Gasteiger partial charge in [-0.05, 0) is 56.2 Å². The van der Waals surface area contributed by atoms with Crippen LogP contribution in [0.15, 0.2) is 30.5 Å². The minimum absolute atomic E-state index is 0.0306. The lowest BCUT2D eigenvalue weighted by Crippen LogP contribution is -2.71. The summed E-state index contributed by atoms with van der Waals surface area (Å²) in [6.45, 7) is 6.24. The number of aldehydes is 1. The molecule has 2 aliphatic carbocycles. The summed E-state index contributed by atoms with van der Waals surface area (Å²) >= 11 is 0. The minimum Gasteiger partial charge on any atom is -0.461 e. The molecule has 0 aromatic heterocycles. The highest BCUT2D eigenvalue weighted by Gasteiger charge is 2.67. The van der Waals surface area contributed by atoms with Gasteiger partial charge in [-0.15, -0.1) is 0 Å². The van der Waals surface area contributed by atoms with Crippen molar-refractivity contribution >= 4 is 6.29 Å². The van der Waals surface area contributed by atoms with Gasteiger partial charge in [-0.3, -0.25) is 4.90 Å². The summed E-state index contributed by atoms with van der Waals surface area (Å²) < 4.78 is 6.05. The van der Waals surface area contributed by atoms with Crippen LogP contribution in [0, 0.1) is 5.92 Å². The summed E-state index contributed by atoms with van der Waals surface area (Å²) in [7, 11) is 0. The van der Waals surface area contributed by atoms with Crippen molar-refractivity contribution in [2.45, 2.75) is 55.6 Å². The standard InChI is InChI=1S/C21H25NO3/c1-14-20-9-10-22(13-15-6-7-15)18(21(20,24)8-3-11-23)12-16-4-2-5-17(25-14)19(16)20/h2,4-5,11,15,18,24H,1,3,6-10,12-13H2/t18-,20-,21?/m1/s1. The van der Waals surface area contributed by atoms with Crippen LogP contribution in [0.4, 0.5) is 0 Å². The number of rotatable bonds is 5. The van der Waals surface area contributed by atoms with Gasteiger partial charge in [0.1, 0.15) is 17.8 Å². The van der Waals surface area contributed by atoms with E-state index in [1.165, 1.54) is 18.4 Å². The van der Waals surface area contributed by atoms with Crippen LogP contribution in [0.3, 0.4) is 0 Å². The van der Waals surface area contributed by atoms with Crippen molar-refractivity contribution in [2.75, 3.05) is 13.1 Å². The van der Waals surface area contributed by atoms with Gasteiger partial charge >= 0.3 is 0 Å². The molecule has 2 fully saturated rings. The van der Waals surface area contributed by atoms with E-state index in [4.69, 9.17) is 4.74 Å². The van der Waals surface area contributed by atoms with Crippen LogP contribution >= 0.6 is 0 Å². The van der Waals surface area contributed by atoms with E-state index in [1.807, 2.05) is 12.1 Å². The minimum atomic E-state index is -0.988. The number of benzene rings is 1. The van der Waals surface area contributed by atoms with E-state index >= 15 is 0 Å². The lowest BCUT2D eigenvalue weighted by molar-refractivity contribution is -0.144. The Morgan fingerprint density at radius 2 is 2.24 bits per heavy atom. The molecule has 4 heteroatoms. The summed E-state index contributed by atoms with van der Waals surface area (Å²) in [6.07, 6.45) is 6.01. The average molecular weight is 339 g/mol. The van der Waals surface area contributed by atoms with Gasteiger partial charge in [-0.1, -0.05) is 18.7 Å². The number of piperidine rings is 1. The Bertz CT molecular complexity index is 756. The van der Waals surface area contributed by atoms with E-state index in [0.29, 0.717) is 18.6 Å². The molecule has 2 heterocycles. The number of carbonyl (C=O) groups excluding carboxylic acids is 1. The van der Waals surface area contributed by atoms with Crippen molar-refractivity contribution < 1.29 is 14.6 Å². The maximum absolute atomic E-state index is 12.0. The van der Waals surface area contributed by atoms with Gasteiger partial charge in [-0.25, -0.2) is 0 Å². The lowest BCUT2D eigenvalue weighted by atomic mass is 9.53. The van der Waals surface area contributed by atoms with E-state index in [-0.39, 0.29) is 6.04 Å². The first kappa shape index (κ1) is 15.6. The Labute approximate surface area is 148 Å². The van der Waals surface area contributed by atoms with Crippen LogP contribution in [0.25, 0.3) is 0 Å². The second-order valence-corrected chi connectivity index (χ2v) is 8.26. The van der Waals surface area contributed by atoms with E-state index in [9.17, 15) is 9.90 Å². The zero-order chi connectivity index (χ0) is 17.2. The van der Waals surface area contributed by atoms with Gasteiger partial charge in [-0.2, -0.15) is 0 Å². The number of likely N-dealkylation sites (tertiary alicyclic amines) is 1. The van der Waals surface area contributed by atoms with Crippen molar-refractivity contribution in [2.24, 2.45) is 5.92 Å². The molecule has 1 aromatic carbocycles. The summed E-state index contributed by atoms with van der Waals surface area (Å²) in [5.74, 6) is 2.29. The third kappa shape index (κ3) is 1.92. The molecule has 132 valence electrons. The predicted octanol–water partition coefficient (Wildman–Crippen LogP) is 2.58. The molecule has 1 aromatic rings. The van der Waals surface area contributed by atoms with Crippen molar-refractivity contribution in [3.8, 4) is 5.75 Å². The number of nitrogens with zero attached hydrogens (tertiary/aromatic N) is 1. The number of hydrogen-bond donors (Lipinski definition) is 1. The highest BCUT2D eigenvalue weighted by molar-refractivity contribution is 5.61. The van der Waals surface area contributed by atoms with Crippen LogP contribution in [0.2, 0.25) is 0 Å². The number of ether oxygens (including phenoxy) is 1. The number of hydrogen-bond acceptors (Lipinski definition) is 4. The summed E-state index contributed by atoms with van der Waals surface area (Å²) in [5.41, 5.74) is 0.857. The molecule has 5 rings (SSSR count). The second-order valence-electron chi connectivity index (χ2n) is 8.26. The zero-order valence-corrected chi connectivity index (χ0v) is 14.5. The van der Waals surface area contributed by atoms with Gasteiger partial charge < -0.3 is 14.6 Å². The summed E-state index contributed by atoms with van der Waals surface area (Å²) in [5, 5.41) is 12.0. The predicted molar refractivity (Wildman–Crippen MR) is 94.5 cm³/mol. The molecule has 1 unspecified atom stereocenters. The largest absolute Gasteiger partial charge is 0.461 e. The second kappa shape index (κ2) is 5.18. The van der Waals surface area contributed by atoms with E-state index < -0.39 is 11.0 Å². The van der Waals surface area contributed by atoms with Crippen molar-refractivity contribution in [1.82, 2.24) is 4.90 Å². The lowest BCUT2D eigenvalue weighted by Gasteiger charge is -2.59. The highest BCUT2D eigenvalue weighted by Crippen LogP contribution is 2.62. The smallest absolute Gasteiger partial charge is 0.131 e. The van der Waals surface area contributed by atoms with Crippen molar-refractivity contribution in [3.05, 3.63) is 41.7 Å². The Kier molecular flexibility index (Phi) is 3.23. The number of carbonyl (C=O) groups is 1. The third-order valence-electron chi connectivity index (χ3n) is 7.00. The first-order valence-electron chi connectivity index (χ1n) is 9.50. The zero-order valence-electron chi connectivity index (χ0n) is 14.5. The Morgan fingerprint density at radius 1 is 1.40 bits per heavy atom. The Balaban J connectivity index is 1.67. The van der Waals surface area contributed by atoms with Gasteiger partial charge in [0.2, 0.25) is 0 Å². The Morgan fingerprint density at radius 3 is 3.00 bits per heavy atom. The molecule has 4 aliphatic rings. The van der Waals surface area contributed by atoms with Crippen LogP contribution in [-0.4, -0.2) is 41.0 Å². The quantitative estimate of drug-likeness (QED) is 0.838. The van der Waals surface area contributed by atoms with Crippen LogP contribution in [0.1, 0.15) is 43.2 Å². The fourth-order valence-electron chi connectivity index (χ4n) is 5.68. The molecule has 1 spiro atoms. The molecular weight excluding hydrogens is 314 g/mol. The fraction of sp³-hybridized carbons (Fsp3) is 0.571. The van der Waals surface area contributed by atoms with Crippen molar-refractivity contribution in [3.63, 3.8) is 0 Å².